The molecule has 2 aromatic carbocycles. The highest BCUT2D eigenvalue weighted by atomic mass is 79.9. The third-order valence-electron chi connectivity index (χ3n) is 3.84. The van der Waals surface area contributed by atoms with E-state index in [9.17, 15) is 9.90 Å². The lowest BCUT2D eigenvalue weighted by Crippen LogP contribution is -2.30. The molecule has 1 atom stereocenters. The minimum atomic E-state index is -0.863. The average Bonchev–Trinajstić information content (AvgIpc) is 2.64. The van der Waals surface area contributed by atoms with Crippen LogP contribution in [0.1, 0.15) is 5.56 Å². The molecule has 1 N–H and O–H groups in total. The van der Waals surface area contributed by atoms with Gasteiger partial charge in [0, 0.05) is 4.47 Å². The zero-order valence-electron chi connectivity index (χ0n) is 13.8. The Morgan fingerprint density at radius 1 is 1.27 bits per heavy atom. The van der Waals surface area contributed by atoms with Gasteiger partial charge in [-0.3, -0.25) is 9.36 Å². The van der Waals surface area contributed by atoms with E-state index in [4.69, 9.17) is 10.00 Å². The molecule has 0 aliphatic carbocycles. The van der Waals surface area contributed by atoms with Crippen LogP contribution in [0, 0.1) is 11.3 Å². The third-order valence-corrected chi connectivity index (χ3v) is 4.34. The largest absolute Gasteiger partial charge is 0.491 e. The van der Waals surface area contributed by atoms with Gasteiger partial charge in [-0.15, -0.1) is 0 Å². The van der Waals surface area contributed by atoms with Crippen LogP contribution in [0.3, 0.4) is 0 Å². The van der Waals surface area contributed by atoms with Crippen molar-refractivity contribution in [3.8, 4) is 11.8 Å². The van der Waals surface area contributed by atoms with Crippen LogP contribution in [-0.4, -0.2) is 27.4 Å². The Bertz CT molecular complexity index is 1010. The first-order valence-corrected chi connectivity index (χ1v) is 8.77. The molecule has 0 bridgehead atoms. The number of hydrogen-bond donors (Lipinski definition) is 1. The van der Waals surface area contributed by atoms with Gasteiger partial charge in [-0.05, 0) is 35.9 Å². The molecular weight excluding hydrogens is 398 g/mol. The van der Waals surface area contributed by atoms with E-state index in [1.165, 1.54) is 10.9 Å². The van der Waals surface area contributed by atoms with Gasteiger partial charge in [0.25, 0.3) is 5.56 Å². The number of fused-ring (bicyclic) bond motifs is 1. The molecule has 3 rings (SSSR count). The Morgan fingerprint density at radius 3 is 2.77 bits per heavy atom. The number of nitrogens with zero attached hydrogens (tertiary/aromatic N) is 3. The summed E-state index contributed by atoms with van der Waals surface area (Å²) in [5.74, 6) is 0.596. The molecule has 0 radical (unpaired) electrons. The van der Waals surface area contributed by atoms with Crippen molar-refractivity contribution >= 4 is 26.8 Å². The highest BCUT2D eigenvalue weighted by molar-refractivity contribution is 9.10. The SMILES string of the molecule is N#CCc1ccc(OCC(O)Cn2cnc3ccc(Br)cc3c2=O)cc1. The van der Waals surface area contributed by atoms with Gasteiger partial charge in [-0.2, -0.15) is 5.26 Å². The molecule has 1 heterocycles. The first-order chi connectivity index (χ1) is 12.6. The van der Waals surface area contributed by atoms with Gasteiger partial charge < -0.3 is 9.84 Å². The number of aromatic nitrogens is 2. The van der Waals surface area contributed by atoms with Crippen LogP contribution in [0.25, 0.3) is 10.9 Å². The Labute approximate surface area is 158 Å². The molecule has 132 valence electrons. The van der Waals surface area contributed by atoms with Gasteiger partial charge >= 0.3 is 0 Å². The number of aliphatic hydroxyl groups excluding tert-OH is 1. The number of rotatable bonds is 6. The van der Waals surface area contributed by atoms with Crippen molar-refractivity contribution in [3.05, 3.63) is 69.2 Å². The zero-order valence-corrected chi connectivity index (χ0v) is 15.4. The molecule has 6 nitrogen and oxygen atoms in total. The molecule has 26 heavy (non-hydrogen) atoms. The average molecular weight is 414 g/mol. The van der Waals surface area contributed by atoms with Crippen LogP contribution in [0.5, 0.6) is 5.75 Å². The Hall–Kier alpha value is -2.69. The van der Waals surface area contributed by atoms with E-state index < -0.39 is 6.10 Å². The molecule has 0 aliphatic heterocycles. The highest BCUT2D eigenvalue weighted by Crippen LogP contribution is 2.15. The monoisotopic (exact) mass is 413 g/mol. The molecule has 0 amide bonds. The number of hydrogen-bond acceptors (Lipinski definition) is 5. The van der Waals surface area contributed by atoms with Gasteiger partial charge in [0.1, 0.15) is 18.5 Å². The van der Waals surface area contributed by atoms with Gasteiger partial charge in [0.2, 0.25) is 0 Å². The second kappa shape index (κ2) is 8.13. The fourth-order valence-electron chi connectivity index (χ4n) is 2.53. The van der Waals surface area contributed by atoms with Crippen LogP contribution in [0.2, 0.25) is 0 Å². The topological polar surface area (TPSA) is 88.1 Å². The van der Waals surface area contributed by atoms with Crippen molar-refractivity contribution in [2.24, 2.45) is 0 Å². The molecule has 0 fully saturated rings. The van der Waals surface area contributed by atoms with E-state index in [2.05, 4.69) is 27.0 Å². The van der Waals surface area contributed by atoms with E-state index in [0.29, 0.717) is 23.1 Å². The van der Waals surface area contributed by atoms with Gasteiger partial charge in [-0.1, -0.05) is 28.1 Å². The minimum Gasteiger partial charge on any atom is -0.491 e. The van der Waals surface area contributed by atoms with Gasteiger partial charge in [-0.25, -0.2) is 4.98 Å². The number of benzene rings is 2. The van der Waals surface area contributed by atoms with E-state index in [0.717, 1.165) is 10.0 Å². The molecule has 0 aliphatic rings. The smallest absolute Gasteiger partial charge is 0.261 e. The molecule has 1 unspecified atom stereocenters. The minimum absolute atomic E-state index is 0.0422. The zero-order chi connectivity index (χ0) is 18.5. The molecule has 3 aromatic rings. The lowest BCUT2D eigenvalue weighted by atomic mass is 10.2. The molecule has 0 saturated carbocycles. The normalized spacial score (nSPS) is 11.9. The van der Waals surface area contributed by atoms with Crippen LogP contribution in [0.15, 0.2) is 58.1 Å². The van der Waals surface area contributed by atoms with E-state index in [-0.39, 0.29) is 18.7 Å². The summed E-state index contributed by atoms with van der Waals surface area (Å²) in [5.41, 5.74) is 1.30. The van der Waals surface area contributed by atoms with Crippen LogP contribution in [-0.2, 0) is 13.0 Å². The maximum absolute atomic E-state index is 12.5. The second-order valence-corrected chi connectivity index (χ2v) is 6.72. The molecule has 0 saturated heterocycles. The first-order valence-electron chi connectivity index (χ1n) is 7.98. The van der Waals surface area contributed by atoms with Crippen molar-refractivity contribution in [1.29, 1.82) is 5.26 Å². The fraction of sp³-hybridized carbons (Fsp3) is 0.211. The lowest BCUT2D eigenvalue weighted by Gasteiger charge is -2.14. The predicted molar refractivity (Wildman–Crippen MR) is 101 cm³/mol. The number of halogens is 1. The second-order valence-electron chi connectivity index (χ2n) is 5.81. The highest BCUT2D eigenvalue weighted by Gasteiger charge is 2.10. The fourth-order valence-corrected chi connectivity index (χ4v) is 2.89. The maximum atomic E-state index is 12.5. The molecule has 0 spiro atoms. The van der Waals surface area contributed by atoms with Gasteiger partial charge in [0.05, 0.1) is 36.3 Å². The summed E-state index contributed by atoms with van der Waals surface area (Å²) in [5, 5.41) is 19.3. The van der Waals surface area contributed by atoms with Crippen molar-refractivity contribution in [2.45, 2.75) is 19.1 Å². The standard InChI is InChI=1S/C19H16BrN3O3/c20-14-3-6-18-17(9-14)19(25)23(12-22-18)10-15(24)11-26-16-4-1-13(2-5-16)7-8-21/h1-6,9,12,15,24H,7,10-11H2. The predicted octanol–water partition coefficient (Wildman–Crippen LogP) is 2.66. The van der Waals surface area contributed by atoms with E-state index in [1.54, 1.807) is 36.4 Å². The molecule has 1 aromatic heterocycles. The summed E-state index contributed by atoms with van der Waals surface area (Å²) in [6.45, 7) is 0.126. The van der Waals surface area contributed by atoms with Crippen LogP contribution in [0.4, 0.5) is 0 Å². The number of aliphatic hydroxyl groups is 1. The molecule has 7 heteroatoms. The summed E-state index contributed by atoms with van der Waals surface area (Å²) in [4.78, 5) is 16.8. The third kappa shape index (κ3) is 4.28. The van der Waals surface area contributed by atoms with Crippen LogP contribution < -0.4 is 10.3 Å². The number of ether oxygens (including phenoxy) is 1. The van der Waals surface area contributed by atoms with Crippen molar-refractivity contribution in [1.82, 2.24) is 9.55 Å². The van der Waals surface area contributed by atoms with E-state index in [1.807, 2.05) is 6.07 Å². The first kappa shape index (κ1) is 18.1. The summed E-state index contributed by atoms with van der Waals surface area (Å²) < 4.78 is 7.71. The summed E-state index contributed by atoms with van der Waals surface area (Å²) in [6, 6.07) is 14.5. The summed E-state index contributed by atoms with van der Waals surface area (Å²) in [6.07, 6.45) is 0.910. The maximum Gasteiger partial charge on any atom is 0.261 e. The van der Waals surface area contributed by atoms with Crippen molar-refractivity contribution < 1.29 is 9.84 Å². The Kier molecular flexibility index (Phi) is 5.66. The Balaban J connectivity index is 1.65. The van der Waals surface area contributed by atoms with Crippen molar-refractivity contribution in [2.75, 3.05) is 6.61 Å². The molecular formula is C19H16BrN3O3. The van der Waals surface area contributed by atoms with Gasteiger partial charge in [0.15, 0.2) is 0 Å². The summed E-state index contributed by atoms with van der Waals surface area (Å²) >= 11 is 3.34. The number of nitriles is 1. The lowest BCUT2D eigenvalue weighted by molar-refractivity contribution is 0.0915. The van der Waals surface area contributed by atoms with Crippen LogP contribution >= 0.6 is 15.9 Å². The quantitative estimate of drug-likeness (QED) is 0.670. The Morgan fingerprint density at radius 2 is 2.04 bits per heavy atom. The van der Waals surface area contributed by atoms with E-state index >= 15 is 0 Å². The van der Waals surface area contributed by atoms with Crippen molar-refractivity contribution in [3.63, 3.8) is 0 Å². The summed E-state index contributed by atoms with van der Waals surface area (Å²) in [7, 11) is 0.